The van der Waals surface area contributed by atoms with Crippen LogP contribution in [-0.4, -0.2) is 23.8 Å². The van der Waals surface area contributed by atoms with Crippen LogP contribution in [0.3, 0.4) is 0 Å². The highest BCUT2D eigenvalue weighted by Crippen LogP contribution is 2.35. The molecular formula is C20H21FN2O2. The molecule has 0 spiro atoms. The highest BCUT2D eigenvalue weighted by molar-refractivity contribution is 5.84. The molecule has 2 aromatic rings. The smallest absolute Gasteiger partial charge is 0.225 e. The molecule has 0 bridgehead atoms. The summed E-state index contributed by atoms with van der Waals surface area (Å²) in [5.41, 5.74) is 1.66. The van der Waals surface area contributed by atoms with Gasteiger partial charge in [0.1, 0.15) is 5.82 Å². The molecule has 0 saturated carbocycles. The van der Waals surface area contributed by atoms with Gasteiger partial charge in [-0.3, -0.25) is 9.59 Å². The third-order valence-corrected chi connectivity index (χ3v) is 4.69. The number of nitrogens with zero attached hydrogens (tertiary/aromatic N) is 1. The van der Waals surface area contributed by atoms with E-state index in [4.69, 9.17) is 0 Å². The minimum atomic E-state index is -0.322. The lowest BCUT2D eigenvalue weighted by atomic mass is 9.84. The molecule has 0 radical (unpaired) electrons. The number of amides is 2. The molecule has 25 heavy (non-hydrogen) atoms. The fourth-order valence-electron chi connectivity index (χ4n) is 3.39. The van der Waals surface area contributed by atoms with E-state index in [0.29, 0.717) is 18.4 Å². The van der Waals surface area contributed by atoms with Crippen LogP contribution < -0.4 is 5.32 Å². The van der Waals surface area contributed by atoms with Crippen molar-refractivity contribution in [3.05, 3.63) is 71.5 Å². The van der Waals surface area contributed by atoms with E-state index in [9.17, 15) is 14.0 Å². The Morgan fingerprint density at radius 3 is 2.68 bits per heavy atom. The topological polar surface area (TPSA) is 49.4 Å². The number of rotatable bonds is 4. The number of hydrogen-bond donors (Lipinski definition) is 1. The third kappa shape index (κ3) is 3.87. The van der Waals surface area contributed by atoms with Crippen LogP contribution in [0.5, 0.6) is 0 Å². The van der Waals surface area contributed by atoms with Crippen LogP contribution in [0.25, 0.3) is 0 Å². The van der Waals surface area contributed by atoms with Crippen molar-refractivity contribution in [3.8, 4) is 0 Å². The summed E-state index contributed by atoms with van der Waals surface area (Å²) in [5.74, 6) is -0.712. The predicted molar refractivity (Wildman–Crippen MR) is 92.9 cm³/mol. The molecule has 5 heteroatoms. The lowest BCUT2D eigenvalue weighted by molar-refractivity contribution is -0.141. The average molecular weight is 340 g/mol. The fraction of sp³-hybridized carbons (Fsp3) is 0.300. The number of hydrogen-bond acceptors (Lipinski definition) is 2. The number of halogens is 1. The first-order chi connectivity index (χ1) is 12.1. The van der Waals surface area contributed by atoms with Gasteiger partial charge in [-0.25, -0.2) is 4.39 Å². The second kappa shape index (κ2) is 7.47. The number of piperidine rings is 1. The quantitative estimate of drug-likeness (QED) is 0.930. The van der Waals surface area contributed by atoms with E-state index in [1.807, 2.05) is 30.3 Å². The van der Waals surface area contributed by atoms with Crippen LogP contribution in [-0.2, 0) is 16.1 Å². The summed E-state index contributed by atoms with van der Waals surface area (Å²) in [6, 6.07) is 15.5. The third-order valence-electron chi connectivity index (χ3n) is 4.69. The second-order valence-electron chi connectivity index (χ2n) is 6.35. The Bertz CT molecular complexity index is 763. The number of carbonyl (C=O) groups excluding carboxylic acids is 2. The van der Waals surface area contributed by atoms with Crippen molar-refractivity contribution in [3.63, 3.8) is 0 Å². The summed E-state index contributed by atoms with van der Waals surface area (Å²) < 4.78 is 13.3. The highest BCUT2D eigenvalue weighted by Gasteiger charge is 2.38. The summed E-state index contributed by atoms with van der Waals surface area (Å²) in [4.78, 5) is 26.5. The zero-order valence-corrected chi connectivity index (χ0v) is 14.1. The van der Waals surface area contributed by atoms with Gasteiger partial charge >= 0.3 is 0 Å². The zero-order chi connectivity index (χ0) is 17.8. The van der Waals surface area contributed by atoms with Crippen molar-refractivity contribution >= 4 is 11.8 Å². The Kier molecular flexibility index (Phi) is 5.12. The molecule has 3 rings (SSSR count). The SMILES string of the molecule is CN1C(=O)CC[C@H](C(=O)NCc2cccc(F)c2)[C@H]1c1ccccc1. The molecule has 130 valence electrons. The van der Waals surface area contributed by atoms with Crippen LogP contribution in [0.2, 0.25) is 0 Å². The van der Waals surface area contributed by atoms with Gasteiger partial charge in [0.2, 0.25) is 11.8 Å². The van der Waals surface area contributed by atoms with Crippen LogP contribution in [0.4, 0.5) is 4.39 Å². The van der Waals surface area contributed by atoms with E-state index < -0.39 is 0 Å². The molecule has 4 nitrogen and oxygen atoms in total. The van der Waals surface area contributed by atoms with Crippen molar-refractivity contribution in [1.82, 2.24) is 10.2 Å². The second-order valence-corrected chi connectivity index (χ2v) is 6.35. The van der Waals surface area contributed by atoms with Gasteiger partial charge in [-0.2, -0.15) is 0 Å². The summed E-state index contributed by atoms with van der Waals surface area (Å²) in [6.07, 6.45) is 0.871. The van der Waals surface area contributed by atoms with Crippen LogP contribution in [0.15, 0.2) is 54.6 Å². The first-order valence-electron chi connectivity index (χ1n) is 8.39. The Morgan fingerprint density at radius 2 is 1.96 bits per heavy atom. The van der Waals surface area contributed by atoms with E-state index in [-0.39, 0.29) is 36.1 Å². The molecule has 0 unspecified atom stereocenters. The van der Waals surface area contributed by atoms with Gasteiger partial charge in [-0.15, -0.1) is 0 Å². The largest absolute Gasteiger partial charge is 0.352 e. The molecule has 1 N–H and O–H groups in total. The lowest BCUT2D eigenvalue weighted by Gasteiger charge is -2.38. The number of nitrogens with one attached hydrogen (secondary N) is 1. The maximum Gasteiger partial charge on any atom is 0.225 e. The van der Waals surface area contributed by atoms with Gasteiger partial charge in [0.15, 0.2) is 0 Å². The summed E-state index contributed by atoms with van der Waals surface area (Å²) in [7, 11) is 1.74. The van der Waals surface area contributed by atoms with E-state index in [1.165, 1.54) is 12.1 Å². The first-order valence-corrected chi connectivity index (χ1v) is 8.39. The summed E-state index contributed by atoms with van der Waals surface area (Å²) >= 11 is 0. The van der Waals surface area contributed by atoms with E-state index >= 15 is 0 Å². The molecule has 1 fully saturated rings. The minimum absolute atomic E-state index is 0.0445. The van der Waals surface area contributed by atoms with Gasteiger partial charge in [-0.1, -0.05) is 42.5 Å². The first kappa shape index (κ1) is 17.1. The van der Waals surface area contributed by atoms with Gasteiger partial charge < -0.3 is 10.2 Å². The highest BCUT2D eigenvalue weighted by atomic mass is 19.1. The molecule has 0 aliphatic carbocycles. The maximum absolute atomic E-state index is 13.3. The van der Waals surface area contributed by atoms with Crippen molar-refractivity contribution in [2.45, 2.75) is 25.4 Å². The predicted octanol–water partition coefficient (Wildman–Crippen LogP) is 3.05. The lowest BCUT2D eigenvalue weighted by Crippen LogP contribution is -2.46. The Labute approximate surface area is 146 Å². The van der Waals surface area contributed by atoms with Crippen molar-refractivity contribution in [1.29, 1.82) is 0 Å². The van der Waals surface area contributed by atoms with E-state index in [1.54, 1.807) is 24.1 Å². The molecule has 2 amide bonds. The van der Waals surface area contributed by atoms with Crippen molar-refractivity contribution in [2.75, 3.05) is 7.05 Å². The monoisotopic (exact) mass is 340 g/mol. The van der Waals surface area contributed by atoms with E-state index in [2.05, 4.69) is 5.32 Å². The molecule has 2 aromatic carbocycles. The van der Waals surface area contributed by atoms with E-state index in [0.717, 1.165) is 5.56 Å². The minimum Gasteiger partial charge on any atom is -0.352 e. The van der Waals surface area contributed by atoms with Crippen LogP contribution in [0, 0.1) is 11.7 Å². The summed E-state index contributed by atoms with van der Waals surface area (Å²) in [5, 5.41) is 2.89. The van der Waals surface area contributed by atoms with Gasteiger partial charge in [-0.05, 0) is 29.7 Å². The fourth-order valence-corrected chi connectivity index (χ4v) is 3.39. The molecule has 1 aliphatic rings. The van der Waals surface area contributed by atoms with Gasteiger partial charge in [0, 0.05) is 20.0 Å². The van der Waals surface area contributed by atoms with Gasteiger partial charge in [0.05, 0.1) is 12.0 Å². The maximum atomic E-state index is 13.3. The van der Waals surface area contributed by atoms with Gasteiger partial charge in [0.25, 0.3) is 0 Å². The number of carbonyl (C=O) groups is 2. The van der Waals surface area contributed by atoms with Crippen LogP contribution >= 0.6 is 0 Å². The molecular weight excluding hydrogens is 319 g/mol. The Hall–Kier alpha value is -2.69. The number of likely N-dealkylation sites (tertiary alicyclic amines) is 1. The standard InChI is InChI=1S/C20H21FN2O2/c1-23-18(24)11-10-17(19(23)15-7-3-2-4-8-15)20(25)22-13-14-6-5-9-16(21)12-14/h2-9,12,17,19H,10-11,13H2,1H3,(H,22,25)/t17-,19+/m0/s1. The zero-order valence-electron chi connectivity index (χ0n) is 14.1. The molecule has 2 atom stereocenters. The van der Waals surface area contributed by atoms with Crippen molar-refractivity contribution < 1.29 is 14.0 Å². The average Bonchev–Trinajstić information content (AvgIpc) is 2.62. The molecule has 1 aliphatic heterocycles. The van der Waals surface area contributed by atoms with Crippen LogP contribution in [0.1, 0.15) is 30.0 Å². The summed E-state index contributed by atoms with van der Waals surface area (Å²) in [6.45, 7) is 0.270. The number of benzene rings is 2. The molecule has 0 aromatic heterocycles. The van der Waals surface area contributed by atoms with Crippen molar-refractivity contribution in [2.24, 2.45) is 5.92 Å². The Morgan fingerprint density at radius 1 is 1.20 bits per heavy atom. The molecule has 1 saturated heterocycles. The normalized spacial score (nSPS) is 20.4. The Balaban J connectivity index is 1.76. The molecule has 1 heterocycles.